The molecule has 0 saturated carbocycles. The number of hydrogen-bond donors (Lipinski definition) is 2. The number of carbonyl (C=O) groups is 1. The van der Waals surface area contributed by atoms with Crippen LogP contribution >= 0.6 is 0 Å². The van der Waals surface area contributed by atoms with Crippen LogP contribution in [0.3, 0.4) is 0 Å². The maximum atomic E-state index is 12.7. The fourth-order valence-electron chi connectivity index (χ4n) is 2.17. The average Bonchev–Trinajstić information content (AvgIpc) is 2.82. The fraction of sp³-hybridized carbons (Fsp3) is 0.538. The van der Waals surface area contributed by atoms with Crippen molar-refractivity contribution in [3.05, 3.63) is 23.4 Å². The average molecular weight is 304 g/mol. The largest absolute Gasteiger partial charge is 0.478 e. The zero-order valence-corrected chi connectivity index (χ0v) is 11.3. The Bertz CT molecular complexity index is 540. The van der Waals surface area contributed by atoms with Crippen LogP contribution < -0.4 is 5.32 Å². The lowest BCUT2D eigenvalue weighted by Crippen LogP contribution is -2.33. The van der Waals surface area contributed by atoms with Gasteiger partial charge in [-0.1, -0.05) is 0 Å². The molecular weight excluding hydrogens is 289 g/mol. The molecule has 2 N–H and O–H groups in total. The monoisotopic (exact) mass is 304 g/mol. The maximum absolute atomic E-state index is 12.7. The Labute approximate surface area is 119 Å². The molecule has 2 heterocycles. The van der Waals surface area contributed by atoms with Gasteiger partial charge in [-0.3, -0.25) is 0 Å². The van der Waals surface area contributed by atoms with E-state index in [-0.39, 0.29) is 17.9 Å². The second-order valence-corrected chi connectivity index (χ2v) is 5.15. The summed E-state index contributed by atoms with van der Waals surface area (Å²) in [6.45, 7) is 2.60. The summed E-state index contributed by atoms with van der Waals surface area (Å²) in [5.74, 6) is -1.63. The number of hydrogen-bond acceptors (Lipinski definition) is 4. The molecule has 21 heavy (non-hydrogen) atoms. The number of anilines is 1. The van der Waals surface area contributed by atoms with E-state index in [0.717, 1.165) is 18.9 Å². The summed E-state index contributed by atoms with van der Waals surface area (Å²) < 4.78 is 43.5. The fourth-order valence-corrected chi connectivity index (χ4v) is 2.17. The number of aromatic nitrogens is 1. The summed E-state index contributed by atoms with van der Waals surface area (Å²) >= 11 is 0. The number of rotatable bonds is 4. The molecule has 1 aromatic heterocycles. The van der Waals surface area contributed by atoms with E-state index < -0.39 is 23.4 Å². The van der Waals surface area contributed by atoms with Crippen LogP contribution in [0.25, 0.3) is 0 Å². The van der Waals surface area contributed by atoms with Gasteiger partial charge < -0.3 is 15.2 Å². The summed E-state index contributed by atoms with van der Waals surface area (Å²) in [5.41, 5.74) is -1.96. The minimum absolute atomic E-state index is 0.196. The Kier molecular flexibility index (Phi) is 4.08. The van der Waals surface area contributed by atoms with Crippen molar-refractivity contribution in [2.24, 2.45) is 0 Å². The number of alkyl halides is 3. The highest BCUT2D eigenvalue weighted by molar-refractivity contribution is 5.93. The number of halogens is 3. The first-order valence-corrected chi connectivity index (χ1v) is 6.41. The van der Waals surface area contributed by atoms with Crippen LogP contribution in [-0.2, 0) is 10.9 Å². The molecule has 1 unspecified atom stereocenters. The van der Waals surface area contributed by atoms with Crippen LogP contribution in [-0.4, -0.2) is 34.8 Å². The molecule has 0 aromatic carbocycles. The lowest BCUT2D eigenvalue weighted by molar-refractivity contribution is -0.141. The van der Waals surface area contributed by atoms with Crippen LogP contribution in [0.1, 0.15) is 35.8 Å². The molecule has 0 radical (unpaired) electrons. The summed E-state index contributed by atoms with van der Waals surface area (Å²) in [6, 6.07) is 1.56. The van der Waals surface area contributed by atoms with Crippen LogP contribution in [0, 0.1) is 0 Å². The van der Waals surface area contributed by atoms with Gasteiger partial charge in [-0.2, -0.15) is 13.2 Å². The van der Waals surface area contributed by atoms with E-state index in [1.807, 2.05) is 6.92 Å². The zero-order valence-electron chi connectivity index (χ0n) is 11.3. The van der Waals surface area contributed by atoms with Crippen LogP contribution in [0.15, 0.2) is 12.1 Å². The number of ether oxygens (including phenoxy) is 1. The van der Waals surface area contributed by atoms with Crippen molar-refractivity contribution in [2.75, 3.05) is 18.5 Å². The van der Waals surface area contributed by atoms with Gasteiger partial charge >= 0.3 is 12.1 Å². The second-order valence-electron chi connectivity index (χ2n) is 5.15. The first-order valence-electron chi connectivity index (χ1n) is 6.41. The van der Waals surface area contributed by atoms with E-state index in [2.05, 4.69) is 10.3 Å². The molecule has 2 rings (SSSR count). The Morgan fingerprint density at radius 1 is 1.52 bits per heavy atom. The van der Waals surface area contributed by atoms with Gasteiger partial charge in [-0.05, 0) is 31.9 Å². The van der Waals surface area contributed by atoms with Gasteiger partial charge in [0.2, 0.25) is 0 Å². The first kappa shape index (κ1) is 15.6. The van der Waals surface area contributed by atoms with Crippen molar-refractivity contribution >= 4 is 11.8 Å². The molecule has 1 fully saturated rings. The highest BCUT2D eigenvalue weighted by Gasteiger charge is 2.34. The molecule has 1 saturated heterocycles. The lowest BCUT2D eigenvalue weighted by Gasteiger charge is -2.24. The number of carboxylic acids is 1. The summed E-state index contributed by atoms with van der Waals surface area (Å²) in [7, 11) is 0. The number of aromatic carboxylic acids is 1. The van der Waals surface area contributed by atoms with Crippen molar-refractivity contribution < 1.29 is 27.8 Å². The van der Waals surface area contributed by atoms with Crippen LogP contribution in [0.2, 0.25) is 0 Å². The van der Waals surface area contributed by atoms with Gasteiger partial charge in [-0.25, -0.2) is 9.78 Å². The SMILES string of the molecule is CC1(CNc2nc(C(F)(F)F)ccc2C(=O)O)CCCO1. The highest BCUT2D eigenvalue weighted by Crippen LogP contribution is 2.30. The molecule has 0 amide bonds. The van der Waals surface area contributed by atoms with Gasteiger partial charge in [0, 0.05) is 13.2 Å². The first-order chi connectivity index (χ1) is 9.71. The van der Waals surface area contributed by atoms with Gasteiger partial charge in [0.05, 0.1) is 5.60 Å². The standard InChI is InChI=1S/C13H15F3N2O3/c1-12(5-2-6-21-12)7-17-10-8(11(19)20)3-4-9(18-10)13(14,15)16/h3-4H,2,5-7H2,1H3,(H,17,18)(H,19,20). The molecule has 0 bridgehead atoms. The third-order valence-electron chi connectivity index (χ3n) is 3.35. The number of pyridine rings is 1. The molecule has 0 spiro atoms. The predicted octanol–water partition coefficient (Wildman–Crippen LogP) is 2.78. The molecule has 1 atom stereocenters. The third-order valence-corrected chi connectivity index (χ3v) is 3.35. The van der Waals surface area contributed by atoms with Crippen molar-refractivity contribution in [3.8, 4) is 0 Å². The molecule has 1 aromatic rings. The molecule has 1 aliphatic rings. The van der Waals surface area contributed by atoms with E-state index in [1.165, 1.54) is 0 Å². The molecule has 0 aliphatic carbocycles. The quantitative estimate of drug-likeness (QED) is 0.895. The number of nitrogens with zero attached hydrogens (tertiary/aromatic N) is 1. The van der Waals surface area contributed by atoms with Gasteiger partial charge in [0.1, 0.15) is 17.1 Å². The lowest BCUT2D eigenvalue weighted by atomic mass is 10.0. The van der Waals surface area contributed by atoms with E-state index in [4.69, 9.17) is 9.84 Å². The van der Waals surface area contributed by atoms with Crippen LogP contribution in [0.5, 0.6) is 0 Å². The molecule has 8 heteroatoms. The molecule has 1 aliphatic heterocycles. The van der Waals surface area contributed by atoms with Crippen molar-refractivity contribution in [1.82, 2.24) is 4.98 Å². The van der Waals surface area contributed by atoms with Crippen LogP contribution in [0.4, 0.5) is 19.0 Å². The predicted molar refractivity (Wildman–Crippen MR) is 68.3 cm³/mol. The van der Waals surface area contributed by atoms with Crippen molar-refractivity contribution in [2.45, 2.75) is 31.5 Å². The zero-order chi connectivity index (χ0) is 15.7. The number of nitrogens with one attached hydrogen (secondary N) is 1. The minimum Gasteiger partial charge on any atom is -0.478 e. The molecular formula is C13H15F3N2O3. The Hall–Kier alpha value is -1.83. The highest BCUT2D eigenvalue weighted by atomic mass is 19.4. The topological polar surface area (TPSA) is 71.5 Å². The van der Waals surface area contributed by atoms with E-state index >= 15 is 0 Å². The summed E-state index contributed by atoms with van der Waals surface area (Å²) in [5, 5.41) is 11.7. The molecule has 116 valence electrons. The second kappa shape index (κ2) is 5.51. The van der Waals surface area contributed by atoms with Gasteiger partial charge in [-0.15, -0.1) is 0 Å². The maximum Gasteiger partial charge on any atom is 0.433 e. The Balaban J connectivity index is 2.24. The van der Waals surface area contributed by atoms with Gasteiger partial charge in [0.25, 0.3) is 0 Å². The molecule has 5 nitrogen and oxygen atoms in total. The Morgan fingerprint density at radius 3 is 2.76 bits per heavy atom. The third kappa shape index (κ3) is 3.63. The van der Waals surface area contributed by atoms with E-state index in [1.54, 1.807) is 0 Å². The van der Waals surface area contributed by atoms with Crippen molar-refractivity contribution in [3.63, 3.8) is 0 Å². The van der Waals surface area contributed by atoms with Crippen molar-refractivity contribution in [1.29, 1.82) is 0 Å². The smallest absolute Gasteiger partial charge is 0.433 e. The minimum atomic E-state index is -4.62. The van der Waals surface area contributed by atoms with E-state index in [0.29, 0.717) is 12.7 Å². The van der Waals surface area contributed by atoms with E-state index in [9.17, 15) is 18.0 Å². The van der Waals surface area contributed by atoms with Gasteiger partial charge in [0.15, 0.2) is 0 Å². The summed E-state index contributed by atoms with van der Waals surface area (Å²) in [6.07, 6.45) is -3.01. The Morgan fingerprint density at radius 2 is 2.24 bits per heavy atom. The normalized spacial score (nSPS) is 22.3. The number of carboxylic acid groups (broad SMARTS) is 1. The summed E-state index contributed by atoms with van der Waals surface area (Å²) in [4.78, 5) is 14.5.